The van der Waals surface area contributed by atoms with Crippen molar-refractivity contribution in [2.45, 2.75) is 37.0 Å². The normalized spacial score (nSPS) is 13.7. The van der Waals surface area contributed by atoms with Gasteiger partial charge in [0.25, 0.3) is 5.91 Å². The number of rotatable bonds is 11. The maximum Gasteiger partial charge on any atom is 0.253 e. The van der Waals surface area contributed by atoms with Crippen LogP contribution in [0.25, 0.3) is 0 Å². The zero-order valence-electron chi connectivity index (χ0n) is 21.5. The number of carbonyl (C=O) groups is 2. The number of anilines is 1. The van der Waals surface area contributed by atoms with Crippen LogP contribution in [0.4, 0.5) is 5.69 Å². The SMILES string of the molecule is COc1ccc(S(=O)(=O)N2CCCC2)cc1CCC(=O)Nc1ccccc1C(=O)NCCc1ccccc1. The van der Waals surface area contributed by atoms with Gasteiger partial charge in [0.05, 0.1) is 23.3 Å². The minimum Gasteiger partial charge on any atom is -0.496 e. The summed E-state index contributed by atoms with van der Waals surface area (Å²) in [6, 6.07) is 21.5. The Balaban J connectivity index is 1.38. The Kier molecular flexibility index (Phi) is 9.15. The van der Waals surface area contributed by atoms with E-state index < -0.39 is 10.0 Å². The van der Waals surface area contributed by atoms with Crippen LogP contribution in [0.5, 0.6) is 5.75 Å². The van der Waals surface area contributed by atoms with E-state index in [2.05, 4.69) is 10.6 Å². The molecule has 0 saturated carbocycles. The molecule has 0 aromatic heterocycles. The molecular weight excluding hydrogens is 502 g/mol. The fourth-order valence-corrected chi connectivity index (χ4v) is 6.07. The number of nitrogens with zero attached hydrogens (tertiary/aromatic N) is 1. The summed E-state index contributed by atoms with van der Waals surface area (Å²) in [5.74, 6) is -0.0286. The Bertz CT molecular complexity index is 1370. The van der Waals surface area contributed by atoms with E-state index in [1.807, 2.05) is 30.3 Å². The minimum atomic E-state index is -3.58. The van der Waals surface area contributed by atoms with E-state index in [1.54, 1.807) is 42.5 Å². The molecule has 0 spiro atoms. The Morgan fingerprint density at radius 3 is 2.37 bits per heavy atom. The molecule has 0 unspecified atom stereocenters. The third kappa shape index (κ3) is 6.79. The van der Waals surface area contributed by atoms with E-state index in [0.29, 0.717) is 48.6 Å². The van der Waals surface area contributed by atoms with Gasteiger partial charge in [-0.1, -0.05) is 42.5 Å². The van der Waals surface area contributed by atoms with Crippen LogP contribution in [-0.2, 0) is 27.7 Å². The average molecular weight is 536 g/mol. The molecule has 1 fully saturated rings. The highest BCUT2D eigenvalue weighted by Gasteiger charge is 2.28. The van der Waals surface area contributed by atoms with Crippen molar-refractivity contribution in [3.8, 4) is 5.75 Å². The first-order chi connectivity index (χ1) is 18.4. The molecule has 1 heterocycles. The van der Waals surface area contributed by atoms with Crippen LogP contribution in [0.3, 0.4) is 0 Å². The summed E-state index contributed by atoms with van der Waals surface area (Å²) < 4.78 is 32.9. The number of amides is 2. The number of carbonyl (C=O) groups excluding carboxylic acids is 2. The molecule has 3 aromatic carbocycles. The van der Waals surface area contributed by atoms with Gasteiger partial charge in [0.15, 0.2) is 0 Å². The van der Waals surface area contributed by atoms with Gasteiger partial charge in [0.1, 0.15) is 5.75 Å². The van der Waals surface area contributed by atoms with Crippen LogP contribution < -0.4 is 15.4 Å². The molecule has 0 bridgehead atoms. The fraction of sp³-hybridized carbons (Fsp3) is 0.310. The molecule has 2 amide bonds. The molecule has 200 valence electrons. The minimum absolute atomic E-state index is 0.0908. The molecule has 8 nitrogen and oxygen atoms in total. The molecule has 1 saturated heterocycles. The van der Waals surface area contributed by atoms with Crippen molar-refractivity contribution in [1.29, 1.82) is 0 Å². The summed E-state index contributed by atoms with van der Waals surface area (Å²) in [6.07, 6.45) is 2.79. The van der Waals surface area contributed by atoms with E-state index in [1.165, 1.54) is 11.4 Å². The predicted octanol–water partition coefficient (Wildman–Crippen LogP) is 4.02. The van der Waals surface area contributed by atoms with Gasteiger partial charge in [-0.3, -0.25) is 9.59 Å². The number of nitrogens with one attached hydrogen (secondary N) is 2. The van der Waals surface area contributed by atoms with Gasteiger partial charge >= 0.3 is 0 Å². The summed E-state index contributed by atoms with van der Waals surface area (Å²) in [5.41, 5.74) is 2.56. The number of aryl methyl sites for hydroxylation is 1. The molecule has 2 N–H and O–H groups in total. The first-order valence-electron chi connectivity index (χ1n) is 12.8. The predicted molar refractivity (Wildman–Crippen MR) is 147 cm³/mol. The molecule has 0 radical (unpaired) electrons. The molecule has 38 heavy (non-hydrogen) atoms. The van der Waals surface area contributed by atoms with Crippen LogP contribution in [0.2, 0.25) is 0 Å². The lowest BCUT2D eigenvalue weighted by molar-refractivity contribution is -0.116. The number of sulfonamides is 1. The Morgan fingerprint density at radius 2 is 1.63 bits per heavy atom. The van der Waals surface area contributed by atoms with Crippen molar-refractivity contribution in [3.63, 3.8) is 0 Å². The zero-order valence-corrected chi connectivity index (χ0v) is 22.3. The maximum absolute atomic E-state index is 13.0. The van der Waals surface area contributed by atoms with E-state index in [9.17, 15) is 18.0 Å². The number of methoxy groups -OCH3 is 1. The largest absolute Gasteiger partial charge is 0.496 e. The number of benzene rings is 3. The lowest BCUT2D eigenvalue weighted by atomic mass is 10.1. The highest BCUT2D eigenvalue weighted by molar-refractivity contribution is 7.89. The Morgan fingerprint density at radius 1 is 0.921 bits per heavy atom. The van der Waals surface area contributed by atoms with Crippen LogP contribution >= 0.6 is 0 Å². The highest BCUT2D eigenvalue weighted by atomic mass is 32.2. The summed E-state index contributed by atoms with van der Waals surface area (Å²) in [4.78, 5) is 25.8. The standard InChI is InChI=1S/C29H33N3O5S/c1-37-27-15-14-24(38(35,36)32-19-7-8-20-32)21-23(27)13-16-28(33)31-26-12-6-5-11-25(26)29(34)30-18-17-22-9-3-2-4-10-22/h2-6,9-12,14-15,21H,7-8,13,16-20H2,1H3,(H,30,34)(H,31,33). The lowest BCUT2D eigenvalue weighted by Gasteiger charge is -2.17. The monoisotopic (exact) mass is 535 g/mol. The lowest BCUT2D eigenvalue weighted by Crippen LogP contribution is -2.28. The summed E-state index contributed by atoms with van der Waals surface area (Å²) in [7, 11) is -2.07. The Labute approximate surface area is 224 Å². The zero-order chi connectivity index (χ0) is 27.0. The smallest absolute Gasteiger partial charge is 0.253 e. The molecule has 0 atom stereocenters. The summed E-state index contributed by atoms with van der Waals surface area (Å²) in [6.45, 7) is 1.51. The van der Waals surface area contributed by atoms with Crippen LogP contribution in [-0.4, -0.2) is 51.3 Å². The highest BCUT2D eigenvalue weighted by Crippen LogP contribution is 2.27. The van der Waals surface area contributed by atoms with E-state index in [0.717, 1.165) is 18.4 Å². The quantitative estimate of drug-likeness (QED) is 0.386. The van der Waals surface area contributed by atoms with Crippen molar-refractivity contribution in [2.24, 2.45) is 0 Å². The fourth-order valence-electron chi connectivity index (χ4n) is 4.50. The van der Waals surface area contributed by atoms with Gasteiger partial charge in [0.2, 0.25) is 15.9 Å². The van der Waals surface area contributed by atoms with Crippen molar-refractivity contribution in [1.82, 2.24) is 9.62 Å². The second-order valence-electron chi connectivity index (χ2n) is 9.17. The van der Waals surface area contributed by atoms with Gasteiger partial charge in [-0.05, 0) is 67.1 Å². The second kappa shape index (κ2) is 12.7. The molecule has 1 aliphatic rings. The summed E-state index contributed by atoms with van der Waals surface area (Å²) in [5, 5.41) is 5.74. The Hall–Kier alpha value is -3.69. The van der Waals surface area contributed by atoms with Gasteiger partial charge in [-0.2, -0.15) is 4.31 Å². The van der Waals surface area contributed by atoms with Crippen LogP contribution in [0.1, 0.15) is 40.7 Å². The number of para-hydroxylation sites is 1. The van der Waals surface area contributed by atoms with E-state index in [4.69, 9.17) is 4.74 Å². The average Bonchev–Trinajstić information content (AvgIpc) is 3.49. The molecular formula is C29H33N3O5S. The second-order valence-corrected chi connectivity index (χ2v) is 11.1. The van der Waals surface area contributed by atoms with Crippen LogP contribution in [0.15, 0.2) is 77.7 Å². The molecule has 9 heteroatoms. The number of hydrogen-bond acceptors (Lipinski definition) is 5. The molecule has 4 rings (SSSR count). The third-order valence-corrected chi connectivity index (χ3v) is 8.46. The van der Waals surface area contributed by atoms with Gasteiger partial charge in [-0.15, -0.1) is 0 Å². The van der Waals surface area contributed by atoms with E-state index in [-0.39, 0.29) is 29.6 Å². The topological polar surface area (TPSA) is 105 Å². The van der Waals surface area contributed by atoms with Crippen molar-refractivity contribution < 1.29 is 22.7 Å². The maximum atomic E-state index is 13.0. The number of ether oxygens (including phenoxy) is 1. The van der Waals surface area contributed by atoms with Crippen LogP contribution in [0, 0.1) is 0 Å². The van der Waals surface area contributed by atoms with Gasteiger partial charge in [0, 0.05) is 26.1 Å². The number of hydrogen-bond donors (Lipinski definition) is 2. The van der Waals surface area contributed by atoms with Gasteiger partial charge in [-0.25, -0.2) is 8.42 Å². The third-order valence-electron chi connectivity index (χ3n) is 6.56. The van der Waals surface area contributed by atoms with Crippen molar-refractivity contribution in [3.05, 3.63) is 89.5 Å². The van der Waals surface area contributed by atoms with Crippen molar-refractivity contribution >= 4 is 27.5 Å². The summed E-state index contributed by atoms with van der Waals surface area (Å²) >= 11 is 0. The van der Waals surface area contributed by atoms with Gasteiger partial charge < -0.3 is 15.4 Å². The first kappa shape index (κ1) is 27.3. The molecule has 0 aliphatic carbocycles. The molecule has 3 aromatic rings. The van der Waals surface area contributed by atoms with Crippen molar-refractivity contribution in [2.75, 3.05) is 32.1 Å². The molecule has 1 aliphatic heterocycles. The van der Waals surface area contributed by atoms with E-state index >= 15 is 0 Å². The first-order valence-corrected chi connectivity index (χ1v) is 14.2.